The Bertz CT molecular complexity index is 266. The normalized spacial score (nSPS) is 10.5. The monoisotopic (exact) mass is 228 g/mol. The topological polar surface area (TPSA) is 0 Å². The molecule has 0 heterocycles. The van der Waals surface area contributed by atoms with Gasteiger partial charge in [0.2, 0.25) is 0 Å². The van der Waals surface area contributed by atoms with Gasteiger partial charge in [-0.15, -0.1) is 0 Å². The molecule has 0 radical (unpaired) electrons. The van der Waals surface area contributed by atoms with Crippen LogP contribution in [0.1, 0.15) is 16.7 Å². The molecule has 1 aromatic carbocycles. The fourth-order valence-electron chi connectivity index (χ4n) is 1.16. The number of hydrogen-bond acceptors (Lipinski definition) is 0. The van der Waals surface area contributed by atoms with Crippen LogP contribution in [0.3, 0.4) is 0 Å². The van der Waals surface area contributed by atoms with Gasteiger partial charge in [-0.05, 0) is 38.0 Å². The highest BCUT2D eigenvalue weighted by Crippen LogP contribution is 2.18. The van der Waals surface area contributed by atoms with Crippen molar-refractivity contribution < 1.29 is 0 Å². The molecule has 11 heavy (non-hydrogen) atoms. The minimum Gasteiger partial charge on any atom is -0.0647 e. The number of rotatable bonds is 0. The Labute approximate surface area is 79.6 Å². The van der Waals surface area contributed by atoms with Crippen LogP contribution in [-0.2, 0) is 0 Å². The van der Waals surface area contributed by atoms with Crippen LogP contribution in [0.25, 0.3) is 0 Å². The van der Waals surface area contributed by atoms with Crippen molar-refractivity contribution in [2.45, 2.75) is 20.8 Å². The maximum absolute atomic E-state index is 3.55. The first-order valence-electron chi connectivity index (χ1n) is 3.77. The first kappa shape index (κ1) is 9.01. The van der Waals surface area contributed by atoms with Crippen LogP contribution in [0.5, 0.6) is 0 Å². The van der Waals surface area contributed by atoms with Crippen molar-refractivity contribution in [3.63, 3.8) is 0 Å². The second-order valence-corrected chi connectivity index (χ2v) is 4.90. The summed E-state index contributed by atoms with van der Waals surface area (Å²) in [6.07, 6.45) is 0. The Morgan fingerprint density at radius 1 is 1.18 bits per heavy atom. The van der Waals surface area contributed by atoms with Gasteiger partial charge < -0.3 is 0 Å². The zero-order valence-electron chi connectivity index (χ0n) is 7.46. The van der Waals surface area contributed by atoms with Gasteiger partial charge in [0.05, 0.1) is 0 Å². The molecule has 0 aliphatic heterocycles. The lowest BCUT2D eigenvalue weighted by molar-refractivity contribution is 1.31. The van der Waals surface area contributed by atoms with Crippen molar-refractivity contribution in [3.05, 3.63) is 27.2 Å². The van der Waals surface area contributed by atoms with Gasteiger partial charge in [-0.3, -0.25) is 0 Å². The van der Waals surface area contributed by atoms with E-state index >= 15 is 0 Å². The Morgan fingerprint density at radius 2 is 1.73 bits per heavy atom. The molecule has 0 N–H and O–H groups in total. The number of halogens is 1. The molecular formula is C9H13BrSi. The fourth-order valence-corrected chi connectivity index (χ4v) is 2.32. The molecule has 0 saturated heterocycles. The van der Waals surface area contributed by atoms with E-state index in [-0.39, 0.29) is 0 Å². The van der Waals surface area contributed by atoms with E-state index < -0.39 is 0 Å². The summed E-state index contributed by atoms with van der Waals surface area (Å²) in [5, 5.41) is 1.55. The van der Waals surface area contributed by atoms with Crippen molar-refractivity contribution in [1.29, 1.82) is 0 Å². The van der Waals surface area contributed by atoms with Gasteiger partial charge in [0.1, 0.15) is 0 Å². The van der Waals surface area contributed by atoms with Gasteiger partial charge >= 0.3 is 0 Å². The molecule has 0 unspecified atom stereocenters. The quantitative estimate of drug-likeness (QED) is 0.589. The lowest BCUT2D eigenvalue weighted by Crippen LogP contribution is -2.13. The molecule has 1 rings (SSSR count). The van der Waals surface area contributed by atoms with Crippen molar-refractivity contribution in [2.24, 2.45) is 0 Å². The van der Waals surface area contributed by atoms with E-state index in [1.165, 1.54) is 21.2 Å². The molecular weight excluding hydrogens is 216 g/mol. The Balaban J connectivity index is 3.46. The third kappa shape index (κ3) is 1.57. The van der Waals surface area contributed by atoms with Crippen molar-refractivity contribution in [3.8, 4) is 0 Å². The Morgan fingerprint density at radius 3 is 2.27 bits per heavy atom. The number of benzene rings is 1. The summed E-state index contributed by atoms with van der Waals surface area (Å²) in [6.45, 7) is 6.55. The first-order valence-corrected chi connectivity index (χ1v) is 5.56. The summed E-state index contributed by atoms with van der Waals surface area (Å²) in [7, 11) is 1.15. The van der Waals surface area contributed by atoms with Crippen LogP contribution in [0.15, 0.2) is 10.5 Å². The summed E-state index contributed by atoms with van der Waals surface area (Å²) in [6, 6.07) is 2.21. The average Bonchev–Trinajstić information content (AvgIpc) is 1.97. The van der Waals surface area contributed by atoms with Gasteiger partial charge in [-0.2, -0.15) is 0 Å². The SMILES string of the molecule is Cc1cc(Br)c(C)c(C)c1[SiH3]. The zero-order chi connectivity index (χ0) is 8.59. The average molecular weight is 229 g/mol. The Hall–Kier alpha value is -0.0831. The van der Waals surface area contributed by atoms with E-state index in [9.17, 15) is 0 Å². The Kier molecular flexibility index (Phi) is 2.55. The first-order chi connectivity index (χ1) is 5.04. The van der Waals surface area contributed by atoms with Crippen LogP contribution >= 0.6 is 15.9 Å². The molecule has 0 aliphatic carbocycles. The molecule has 0 nitrogen and oxygen atoms in total. The predicted octanol–water partition coefficient (Wildman–Crippen LogP) is 1.37. The predicted molar refractivity (Wildman–Crippen MR) is 57.9 cm³/mol. The van der Waals surface area contributed by atoms with E-state index in [0.29, 0.717) is 0 Å². The summed E-state index contributed by atoms with van der Waals surface area (Å²) in [5.41, 5.74) is 4.27. The van der Waals surface area contributed by atoms with Crippen LogP contribution < -0.4 is 5.19 Å². The van der Waals surface area contributed by atoms with E-state index in [0.717, 1.165) is 10.2 Å². The highest BCUT2D eigenvalue weighted by Gasteiger charge is 2.03. The van der Waals surface area contributed by atoms with Crippen LogP contribution in [-0.4, -0.2) is 10.2 Å². The minimum absolute atomic E-state index is 1.15. The molecule has 60 valence electrons. The standard InChI is InChI=1S/C9H13BrSi/c1-5-4-8(10)6(2)7(3)9(5)11/h4H,1-3,11H3. The van der Waals surface area contributed by atoms with Crippen LogP contribution in [0.2, 0.25) is 0 Å². The van der Waals surface area contributed by atoms with Gasteiger partial charge in [0.25, 0.3) is 0 Å². The lowest BCUT2D eigenvalue weighted by Gasteiger charge is -2.09. The van der Waals surface area contributed by atoms with Gasteiger partial charge in [-0.25, -0.2) is 0 Å². The molecule has 0 atom stereocenters. The molecule has 0 aromatic heterocycles. The second-order valence-electron chi connectivity index (χ2n) is 3.05. The van der Waals surface area contributed by atoms with Gasteiger partial charge in [-0.1, -0.05) is 26.7 Å². The van der Waals surface area contributed by atoms with E-state index in [1.54, 1.807) is 5.19 Å². The summed E-state index contributed by atoms with van der Waals surface area (Å²) < 4.78 is 1.24. The van der Waals surface area contributed by atoms with Crippen LogP contribution in [0, 0.1) is 20.8 Å². The third-order valence-electron chi connectivity index (χ3n) is 2.42. The van der Waals surface area contributed by atoms with E-state index in [4.69, 9.17) is 0 Å². The molecule has 0 spiro atoms. The maximum Gasteiger partial charge on any atom is 0.0392 e. The highest BCUT2D eigenvalue weighted by molar-refractivity contribution is 9.10. The summed E-state index contributed by atoms with van der Waals surface area (Å²) in [4.78, 5) is 0. The molecule has 0 fully saturated rings. The second kappa shape index (κ2) is 3.11. The fraction of sp³-hybridized carbons (Fsp3) is 0.333. The molecule has 0 bridgehead atoms. The smallest absolute Gasteiger partial charge is 0.0392 e. The van der Waals surface area contributed by atoms with Gasteiger partial charge in [0.15, 0.2) is 0 Å². The van der Waals surface area contributed by atoms with Gasteiger partial charge in [0, 0.05) is 14.7 Å². The van der Waals surface area contributed by atoms with Crippen molar-refractivity contribution in [1.82, 2.24) is 0 Å². The van der Waals surface area contributed by atoms with Crippen LogP contribution in [0.4, 0.5) is 0 Å². The molecule has 1 aromatic rings. The maximum atomic E-state index is 3.55. The number of aryl methyl sites for hydroxylation is 1. The molecule has 2 heteroatoms. The summed E-state index contributed by atoms with van der Waals surface area (Å²) >= 11 is 3.55. The third-order valence-corrected chi connectivity index (χ3v) is 4.78. The molecule has 0 amide bonds. The minimum atomic E-state index is 1.15. The summed E-state index contributed by atoms with van der Waals surface area (Å²) in [5.74, 6) is 0. The highest BCUT2D eigenvalue weighted by atomic mass is 79.9. The van der Waals surface area contributed by atoms with E-state index in [2.05, 4.69) is 42.8 Å². The zero-order valence-corrected chi connectivity index (χ0v) is 11.0. The van der Waals surface area contributed by atoms with E-state index in [1.807, 2.05) is 0 Å². The molecule has 0 aliphatic rings. The van der Waals surface area contributed by atoms with Crippen molar-refractivity contribution >= 4 is 31.4 Å². The lowest BCUT2D eigenvalue weighted by atomic mass is 10.1. The number of hydrogen-bond donors (Lipinski definition) is 0. The molecule has 0 saturated carbocycles. The van der Waals surface area contributed by atoms with Crippen molar-refractivity contribution in [2.75, 3.05) is 0 Å². The largest absolute Gasteiger partial charge is 0.0647 e.